The monoisotopic (exact) mass is 344 g/mol. The van der Waals surface area contributed by atoms with Gasteiger partial charge in [-0.3, -0.25) is 4.79 Å². The third-order valence-corrected chi connectivity index (χ3v) is 3.10. The molecule has 3 nitrogen and oxygen atoms in total. The van der Waals surface area contributed by atoms with Crippen LogP contribution in [0, 0.1) is 17.1 Å². The zero-order valence-corrected chi connectivity index (χ0v) is 12.4. The van der Waals surface area contributed by atoms with E-state index in [0.29, 0.717) is 11.3 Å². The average Bonchev–Trinajstić information content (AvgIpc) is 2.44. The van der Waals surface area contributed by atoms with Gasteiger partial charge < -0.3 is 5.32 Å². The Bertz CT molecular complexity index is 750. The number of carbonyl (C=O) groups excluding carboxylic acids is 1. The fraction of sp³-hybridized carbons (Fsp3) is 0. The van der Waals surface area contributed by atoms with Crippen LogP contribution in [0.4, 0.5) is 10.1 Å². The first-order chi connectivity index (χ1) is 10.1. The number of anilines is 1. The topological polar surface area (TPSA) is 52.9 Å². The Hall–Kier alpha value is -2.45. The van der Waals surface area contributed by atoms with Gasteiger partial charge in [0.25, 0.3) is 5.91 Å². The van der Waals surface area contributed by atoms with E-state index in [4.69, 9.17) is 5.26 Å². The first kappa shape index (κ1) is 14.9. The van der Waals surface area contributed by atoms with Crippen LogP contribution in [0.5, 0.6) is 0 Å². The van der Waals surface area contributed by atoms with E-state index in [2.05, 4.69) is 21.2 Å². The van der Waals surface area contributed by atoms with Gasteiger partial charge in [-0.1, -0.05) is 34.1 Å². The lowest BCUT2D eigenvalue weighted by molar-refractivity contribution is -0.112. The summed E-state index contributed by atoms with van der Waals surface area (Å²) in [5.41, 5.74) is 0.922. The van der Waals surface area contributed by atoms with Crippen molar-refractivity contribution in [3.8, 4) is 6.07 Å². The molecule has 0 aromatic heterocycles. The van der Waals surface area contributed by atoms with Crippen molar-refractivity contribution in [2.75, 3.05) is 5.32 Å². The van der Waals surface area contributed by atoms with Crippen molar-refractivity contribution < 1.29 is 9.18 Å². The number of carbonyl (C=O) groups is 1. The number of benzene rings is 2. The van der Waals surface area contributed by atoms with Crippen LogP contribution in [0.3, 0.4) is 0 Å². The molecule has 0 aliphatic rings. The zero-order chi connectivity index (χ0) is 15.2. The minimum absolute atomic E-state index is 0.0967. The standard InChI is InChI=1S/C16H10BrFN2O/c17-13-4-2-6-15(9-13)20-16(21)12(10-19)7-11-3-1-5-14(18)8-11/h1-9H,(H,20,21)/b12-7+. The fourth-order valence-electron chi connectivity index (χ4n) is 1.68. The highest BCUT2D eigenvalue weighted by molar-refractivity contribution is 9.10. The van der Waals surface area contributed by atoms with Crippen LogP contribution in [0.2, 0.25) is 0 Å². The lowest BCUT2D eigenvalue weighted by Gasteiger charge is -2.04. The molecular formula is C16H10BrFN2O. The molecule has 0 fully saturated rings. The largest absolute Gasteiger partial charge is 0.321 e. The second-order valence-electron chi connectivity index (χ2n) is 4.19. The Morgan fingerprint density at radius 1 is 1.24 bits per heavy atom. The molecule has 1 amide bonds. The van der Waals surface area contributed by atoms with Gasteiger partial charge in [-0.2, -0.15) is 5.26 Å². The van der Waals surface area contributed by atoms with Crippen molar-refractivity contribution in [2.45, 2.75) is 0 Å². The normalized spacial score (nSPS) is 10.8. The van der Waals surface area contributed by atoms with Gasteiger partial charge in [-0.25, -0.2) is 4.39 Å². The van der Waals surface area contributed by atoms with Crippen molar-refractivity contribution in [1.29, 1.82) is 5.26 Å². The Morgan fingerprint density at radius 3 is 2.67 bits per heavy atom. The van der Waals surface area contributed by atoms with E-state index in [9.17, 15) is 9.18 Å². The summed E-state index contributed by atoms with van der Waals surface area (Å²) in [5, 5.41) is 11.7. The molecular weight excluding hydrogens is 335 g/mol. The van der Waals surface area contributed by atoms with E-state index in [0.717, 1.165) is 4.47 Å². The third-order valence-electron chi connectivity index (χ3n) is 2.61. The van der Waals surface area contributed by atoms with Crippen LogP contribution in [0.1, 0.15) is 5.56 Å². The minimum Gasteiger partial charge on any atom is -0.321 e. The molecule has 2 aromatic rings. The number of hydrogen-bond acceptors (Lipinski definition) is 2. The van der Waals surface area contributed by atoms with Crippen LogP contribution in [-0.2, 0) is 4.79 Å². The van der Waals surface area contributed by atoms with Gasteiger partial charge in [-0.15, -0.1) is 0 Å². The number of rotatable bonds is 3. The van der Waals surface area contributed by atoms with E-state index in [1.54, 1.807) is 24.3 Å². The number of hydrogen-bond donors (Lipinski definition) is 1. The predicted octanol–water partition coefficient (Wildman–Crippen LogP) is 4.13. The van der Waals surface area contributed by atoms with Crippen molar-refractivity contribution in [3.63, 3.8) is 0 Å². The Balaban J connectivity index is 2.21. The Morgan fingerprint density at radius 2 is 2.00 bits per heavy atom. The third kappa shape index (κ3) is 4.26. The maximum Gasteiger partial charge on any atom is 0.266 e. The smallest absolute Gasteiger partial charge is 0.266 e. The molecule has 0 unspecified atom stereocenters. The summed E-state index contributed by atoms with van der Waals surface area (Å²) in [6.07, 6.45) is 1.34. The summed E-state index contributed by atoms with van der Waals surface area (Å²) < 4.78 is 13.9. The molecule has 21 heavy (non-hydrogen) atoms. The highest BCUT2D eigenvalue weighted by Crippen LogP contribution is 2.17. The average molecular weight is 345 g/mol. The molecule has 2 aromatic carbocycles. The number of nitrogens with one attached hydrogen (secondary N) is 1. The number of nitriles is 1. The van der Waals surface area contributed by atoms with Crippen LogP contribution in [-0.4, -0.2) is 5.91 Å². The van der Waals surface area contributed by atoms with Gasteiger partial charge in [0.05, 0.1) is 0 Å². The van der Waals surface area contributed by atoms with Gasteiger partial charge in [0.15, 0.2) is 0 Å². The molecule has 104 valence electrons. The molecule has 0 spiro atoms. The van der Waals surface area contributed by atoms with Crippen molar-refractivity contribution in [2.24, 2.45) is 0 Å². The Labute approximate surface area is 129 Å². The molecule has 2 rings (SSSR count). The van der Waals surface area contributed by atoms with Crippen LogP contribution < -0.4 is 5.32 Å². The van der Waals surface area contributed by atoms with E-state index < -0.39 is 11.7 Å². The van der Waals surface area contributed by atoms with Crippen LogP contribution >= 0.6 is 15.9 Å². The van der Waals surface area contributed by atoms with Crippen molar-refractivity contribution >= 4 is 33.6 Å². The molecule has 0 saturated heterocycles. The van der Waals surface area contributed by atoms with E-state index >= 15 is 0 Å². The molecule has 0 radical (unpaired) electrons. The zero-order valence-electron chi connectivity index (χ0n) is 10.8. The first-order valence-corrected chi connectivity index (χ1v) is 6.82. The first-order valence-electron chi connectivity index (χ1n) is 6.03. The van der Waals surface area contributed by atoms with Crippen LogP contribution in [0.15, 0.2) is 58.6 Å². The lowest BCUT2D eigenvalue weighted by Crippen LogP contribution is -2.13. The summed E-state index contributed by atoms with van der Waals surface area (Å²) in [7, 11) is 0. The number of halogens is 2. The summed E-state index contributed by atoms with van der Waals surface area (Å²) >= 11 is 3.30. The SMILES string of the molecule is N#C/C(=C\c1cccc(F)c1)C(=O)Nc1cccc(Br)c1. The van der Waals surface area contributed by atoms with E-state index in [1.165, 1.54) is 24.3 Å². The van der Waals surface area contributed by atoms with Crippen molar-refractivity contribution in [3.05, 3.63) is 70.0 Å². The molecule has 0 bridgehead atoms. The summed E-state index contributed by atoms with van der Waals surface area (Å²) in [5.74, 6) is -0.965. The molecule has 0 aliphatic carbocycles. The van der Waals surface area contributed by atoms with Gasteiger partial charge >= 0.3 is 0 Å². The molecule has 1 N–H and O–H groups in total. The number of amides is 1. The van der Waals surface area contributed by atoms with Crippen LogP contribution in [0.25, 0.3) is 6.08 Å². The maximum absolute atomic E-state index is 13.1. The lowest BCUT2D eigenvalue weighted by atomic mass is 10.1. The molecule has 0 saturated carbocycles. The molecule has 0 heterocycles. The summed E-state index contributed by atoms with van der Waals surface area (Å²) in [6, 6.07) is 14.5. The molecule has 5 heteroatoms. The second kappa shape index (κ2) is 6.82. The highest BCUT2D eigenvalue weighted by atomic mass is 79.9. The van der Waals surface area contributed by atoms with Gasteiger partial charge in [0.2, 0.25) is 0 Å². The van der Waals surface area contributed by atoms with E-state index in [-0.39, 0.29) is 5.57 Å². The predicted molar refractivity (Wildman–Crippen MR) is 82.8 cm³/mol. The van der Waals surface area contributed by atoms with Gasteiger partial charge in [-0.05, 0) is 42.0 Å². The number of nitrogens with zero attached hydrogens (tertiary/aromatic N) is 1. The Kier molecular flexibility index (Phi) is 4.85. The van der Waals surface area contributed by atoms with Gasteiger partial charge in [0, 0.05) is 10.2 Å². The second-order valence-corrected chi connectivity index (χ2v) is 5.10. The van der Waals surface area contributed by atoms with E-state index in [1.807, 2.05) is 12.1 Å². The molecule has 0 aliphatic heterocycles. The fourth-order valence-corrected chi connectivity index (χ4v) is 2.08. The minimum atomic E-state index is -0.542. The summed E-state index contributed by atoms with van der Waals surface area (Å²) in [4.78, 5) is 12.0. The maximum atomic E-state index is 13.1. The molecule has 0 atom stereocenters. The summed E-state index contributed by atoms with van der Waals surface area (Å²) in [6.45, 7) is 0. The highest BCUT2D eigenvalue weighted by Gasteiger charge is 2.09. The van der Waals surface area contributed by atoms with Gasteiger partial charge in [0.1, 0.15) is 17.5 Å². The van der Waals surface area contributed by atoms with Crippen molar-refractivity contribution in [1.82, 2.24) is 0 Å². The quantitative estimate of drug-likeness (QED) is 0.672.